The second-order valence-electron chi connectivity index (χ2n) is 16.5. The zero-order chi connectivity index (χ0) is 41.2. The highest BCUT2D eigenvalue weighted by Gasteiger charge is 2.32. The molecule has 0 spiro atoms. The van der Waals surface area contributed by atoms with Gasteiger partial charge in [0.05, 0.1) is 34.0 Å². The first-order chi connectivity index (χ1) is 31.3. The Hall–Kier alpha value is -8.12. The van der Waals surface area contributed by atoms with E-state index in [9.17, 15) is 0 Å². The van der Waals surface area contributed by atoms with Gasteiger partial charge in [-0.2, -0.15) is 0 Å². The maximum absolute atomic E-state index is 6.76. The monoisotopic (exact) mass is 821 g/mol. The number of aromatic nitrogens is 1. The van der Waals surface area contributed by atoms with Crippen LogP contribution >= 0.6 is 11.3 Å². The topological polar surface area (TPSA) is 24.6 Å². The summed E-state index contributed by atoms with van der Waals surface area (Å²) in [4.78, 5) is 4.89. The molecular weight excluding hydrogens is 787 g/mol. The van der Waals surface area contributed by atoms with Crippen LogP contribution in [0.3, 0.4) is 0 Å². The average molecular weight is 822 g/mol. The molecule has 5 heteroatoms. The van der Waals surface area contributed by atoms with E-state index in [1.165, 1.54) is 53.5 Å². The van der Waals surface area contributed by atoms with E-state index in [4.69, 9.17) is 4.42 Å². The van der Waals surface area contributed by atoms with Crippen molar-refractivity contribution in [3.63, 3.8) is 0 Å². The Balaban J connectivity index is 0.996. The van der Waals surface area contributed by atoms with Crippen molar-refractivity contribution >= 4 is 111 Å². The highest BCUT2D eigenvalue weighted by atomic mass is 32.1. The molecule has 0 bridgehead atoms. The lowest BCUT2D eigenvalue weighted by Crippen LogP contribution is -2.12. The third kappa shape index (κ3) is 4.97. The molecule has 0 fully saturated rings. The largest absolute Gasteiger partial charge is 0.454 e. The maximum atomic E-state index is 6.76. The molecule has 0 saturated carbocycles. The summed E-state index contributed by atoms with van der Waals surface area (Å²) in [6.07, 6.45) is 4.46. The van der Waals surface area contributed by atoms with Gasteiger partial charge in [0.15, 0.2) is 5.58 Å². The Morgan fingerprint density at radius 1 is 0.397 bits per heavy atom. The van der Waals surface area contributed by atoms with Crippen LogP contribution < -0.4 is 9.80 Å². The maximum Gasteiger partial charge on any atom is 0.160 e. The fourth-order valence-electron chi connectivity index (χ4n) is 10.4. The summed E-state index contributed by atoms with van der Waals surface area (Å²) in [6, 6.07) is 72.9. The van der Waals surface area contributed by atoms with E-state index in [0.717, 1.165) is 72.9 Å². The number of hydrogen-bond acceptors (Lipinski definition) is 4. The zero-order valence-corrected chi connectivity index (χ0v) is 34.7. The standard InChI is InChI=1S/C58H35N3OS/c1-2-15-38(16-3-1)60-50-23-11-6-19-44(50)55-43-18-5-10-22-49(43)59(51-24-12-7-20-45(51)57(55)60)39-29-32-53-46(34-39)47-35-40(30-33-54(47)63-53)61-48-21-9-4-14-36(48)26-27-37-28-31-42-41-17-8-13-25-52(41)62-58(42)56(37)61/h1-35H. The van der Waals surface area contributed by atoms with E-state index in [2.05, 4.69) is 221 Å². The summed E-state index contributed by atoms with van der Waals surface area (Å²) in [7, 11) is 0. The number of benzene rings is 9. The second kappa shape index (κ2) is 13.2. The van der Waals surface area contributed by atoms with Gasteiger partial charge in [-0.25, -0.2) is 0 Å². The molecule has 4 nitrogen and oxygen atoms in total. The van der Waals surface area contributed by atoms with Gasteiger partial charge in [-0.1, -0.05) is 127 Å². The zero-order valence-electron chi connectivity index (χ0n) is 33.9. The van der Waals surface area contributed by atoms with Crippen molar-refractivity contribution in [3.8, 4) is 28.1 Å². The van der Waals surface area contributed by atoms with E-state index >= 15 is 0 Å². The summed E-state index contributed by atoms with van der Waals surface area (Å²) in [5.41, 5.74) is 17.9. The Kier molecular flexibility index (Phi) is 7.24. The summed E-state index contributed by atoms with van der Waals surface area (Å²) >= 11 is 1.85. The van der Waals surface area contributed by atoms with Gasteiger partial charge >= 0.3 is 0 Å². The van der Waals surface area contributed by atoms with Gasteiger partial charge in [0.25, 0.3) is 0 Å². The Bertz CT molecular complexity index is 3890. The molecule has 12 aromatic rings. The van der Waals surface area contributed by atoms with Crippen LogP contribution in [-0.4, -0.2) is 4.57 Å². The van der Waals surface area contributed by atoms with Crippen molar-refractivity contribution < 1.29 is 4.42 Å². The number of thiophene rings is 1. The summed E-state index contributed by atoms with van der Waals surface area (Å²) in [5, 5.41) is 5.93. The van der Waals surface area contributed by atoms with E-state index in [-0.39, 0.29) is 0 Å². The molecule has 0 radical (unpaired) electrons. The Labute approximate surface area is 367 Å². The van der Waals surface area contributed by atoms with Crippen molar-refractivity contribution in [3.05, 3.63) is 211 Å². The predicted octanol–water partition coefficient (Wildman–Crippen LogP) is 17.0. The number of anilines is 6. The molecule has 0 unspecified atom stereocenters. The number of rotatable bonds is 3. The van der Waals surface area contributed by atoms with Crippen molar-refractivity contribution in [1.82, 2.24) is 4.57 Å². The molecule has 3 aromatic heterocycles. The summed E-state index contributed by atoms with van der Waals surface area (Å²) < 4.78 is 11.7. The number of para-hydroxylation sites is 6. The molecule has 0 amide bonds. The molecule has 0 aliphatic carbocycles. The van der Waals surface area contributed by atoms with Crippen LogP contribution in [0.1, 0.15) is 11.1 Å². The average Bonchev–Trinajstić information content (AvgIpc) is 3.95. The molecule has 2 aliphatic rings. The minimum atomic E-state index is 0.889. The van der Waals surface area contributed by atoms with E-state index < -0.39 is 0 Å². The van der Waals surface area contributed by atoms with Crippen LogP contribution in [0.4, 0.5) is 34.1 Å². The molecule has 294 valence electrons. The minimum Gasteiger partial charge on any atom is -0.454 e. The number of hydrogen-bond donors (Lipinski definition) is 0. The lowest BCUT2D eigenvalue weighted by molar-refractivity contribution is 0.669. The minimum absolute atomic E-state index is 0.889. The molecule has 63 heavy (non-hydrogen) atoms. The van der Waals surface area contributed by atoms with Crippen LogP contribution in [0, 0.1) is 0 Å². The molecule has 0 saturated heterocycles. The van der Waals surface area contributed by atoms with Crippen molar-refractivity contribution in [2.45, 2.75) is 0 Å². The van der Waals surface area contributed by atoms with Crippen LogP contribution in [0.5, 0.6) is 0 Å². The van der Waals surface area contributed by atoms with E-state index in [1.807, 2.05) is 17.4 Å². The second-order valence-corrected chi connectivity index (χ2v) is 17.5. The third-order valence-electron chi connectivity index (χ3n) is 13.1. The van der Waals surface area contributed by atoms with Gasteiger partial charge < -0.3 is 18.8 Å². The summed E-state index contributed by atoms with van der Waals surface area (Å²) in [6.45, 7) is 0. The van der Waals surface area contributed by atoms with Gasteiger partial charge in [0, 0.05) is 75.6 Å². The molecular formula is C58H35N3OS. The molecule has 14 rings (SSSR count). The van der Waals surface area contributed by atoms with Gasteiger partial charge in [-0.05, 0) is 90.5 Å². The lowest BCUT2D eigenvalue weighted by atomic mass is 9.98. The van der Waals surface area contributed by atoms with Crippen molar-refractivity contribution in [2.75, 3.05) is 9.80 Å². The fourth-order valence-corrected chi connectivity index (χ4v) is 11.4. The number of furan rings is 1. The molecule has 0 atom stereocenters. The van der Waals surface area contributed by atoms with Crippen LogP contribution in [0.2, 0.25) is 0 Å². The van der Waals surface area contributed by atoms with Gasteiger partial charge in [0.2, 0.25) is 0 Å². The van der Waals surface area contributed by atoms with Gasteiger partial charge in [-0.15, -0.1) is 11.3 Å². The molecule has 2 aliphatic heterocycles. The van der Waals surface area contributed by atoms with Crippen molar-refractivity contribution in [2.24, 2.45) is 0 Å². The Morgan fingerprint density at radius 2 is 1.02 bits per heavy atom. The molecule has 9 aromatic carbocycles. The quantitative estimate of drug-likeness (QED) is 0.177. The number of nitrogens with zero attached hydrogens (tertiary/aromatic N) is 3. The van der Waals surface area contributed by atoms with Gasteiger partial charge in [-0.3, -0.25) is 0 Å². The molecule has 5 heterocycles. The summed E-state index contributed by atoms with van der Waals surface area (Å²) in [5.74, 6) is 0. The van der Waals surface area contributed by atoms with Gasteiger partial charge in [0.1, 0.15) is 5.58 Å². The van der Waals surface area contributed by atoms with Crippen molar-refractivity contribution in [1.29, 1.82) is 0 Å². The van der Waals surface area contributed by atoms with Crippen LogP contribution in [0.25, 0.3) is 93.2 Å². The Morgan fingerprint density at radius 3 is 1.83 bits per heavy atom. The first-order valence-corrected chi connectivity index (χ1v) is 22.2. The smallest absolute Gasteiger partial charge is 0.160 e. The number of fused-ring (bicyclic) bond motifs is 16. The van der Waals surface area contributed by atoms with Crippen LogP contribution in [0.15, 0.2) is 205 Å². The van der Waals surface area contributed by atoms with E-state index in [0.29, 0.717) is 0 Å². The predicted molar refractivity (Wildman–Crippen MR) is 266 cm³/mol. The first-order valence-electron chi connectivity index (χ1n) is 21.4. The van der Waals surface area contributed by atoms with E-state index in [1.54, 1.807) is 0 Å². The fraction of sp³-hybridized carbons (Fsp3) is 0. The molecule has 0 N–H and O–H groups in total. The lowest BCUT2D eigenvalue weighted by Gasteiger charge is -2.28. The third-order valence-corrected chi connectivity index (χ3v) is 14.2. The highest BCUT2D eigenvalue weighted by molar-refractivity contribution is 7.25. The van der Waals surface area contributed by atoms with Crippen LogP contribution in [-0.2, 0) is 0 Å². The first kappa shape index (κ1) is 34.6. The SMILES string of the molecule is C1=Cc2ccc3c(oc4ccccc43)c2N(c2ccc3sc4ccc(N5c6ccccc6-c6c(n(-c7ccccc7)c7ccccc67)-c6ccccc65)cc4c3c2)c2ccccc21. The highest BCUT2D eigenvalue weighted by Crippen LogP contribution is 2.55. The normalized spacial score (nSPS) is 13.0.